The van der Waals surface area contributed by atoms with Gasteiger partial charge in [0.25, 0.3) is 0 Å². The second kappa shape index (κ2) is 7.27. The van der Waals surface area contributed by atoms with Crippen LogP contribution in [0.25, 0.3) is 0 Å². The van der Waals surface area contributed by atoms with Gasteiger partial charge in [-0.25, -0.2) is 0 Å². The Balaban J connectivity index is 1.88. The van der Waals surface area contributed by atoms with Gasteiger partial charge in [-0.2, -0.15) is 11.8 Å². The minimum absolute atomic E-state index is 0.262. The molecule has 0 bridgehead atoms. The average Bonchev–Trinajstić information content (AvgIpc) is 2.81. The number of hydrogen-bond acceptors (Lipinski definition) is 5. The molecular formula is C14H28N2O2S. The highest BCUT2D eigenvalue weighted by molar-refractivity contribution is 8.00. The van der Waals surface area contributed by atoms with E-state index in [1.54, 1.807) is 0 Å². The normalized spacial score (nSPS) is 30.3. The molecule has 2 unspecified atom stereocenters. The molecule has 0 aromatic heterocycles. The molecule has 1 saturated carbocycles. The molecule has 0 radical (unpaired) electrons. The predicted octanol–water partition coefficient (Wildman–Crippen LogP) is 1.55. The second-order valence-electron chi connectivity index (χ2n) is 5.73. The summed E-state index contributed by atoms with van der Waals surface area (Å²) in [4.78, 5) is 2.25. The molecule has 1 aliphatic carbocycles. The maximum Gasteiger partial charge on any atom is 0.169 e. The van der Waals surface area contributed by atoms with Crippen LogP contribution in [-0.2, 0) is 9.47 Å². The SMILES string of the molecule is CCNC1CCC2(CC1SCCN(C)C)OCCO2. The van der Waals surface area contributed by atoms with Gasteiger partial charge in [0, 0.05) is 36.4 Å². The van der Waals surface area contributed by atoms with Crippen molar-refractivity contribution in [3.05, 3.63) is 0 Å². The average molecular weight is 288 g/mol. The number of thioether (sulfide) groups is 1. The fraction of sp³-hybridized carbons (Fsp3) is 1.00. The van der Waals surface area contributed by atoms with E-state index in [2.05, 4.69) is 43.0 Å². The van der Waals surface area contributed by atoms with Crippen molar-refractivity contribution in [2.75, 3.05) is 46.2 Å². The zero-order valence-corrected chi connectivity index (χ0v) is 13.3. The Morgan fingerprint density at radius 3 is 2.68 bits per heavy atom. The van der Waals surface area contributed by atoms with Crippen molar-refractivity contribution in [3.63, 3.8) is 0 Å². The molecule has 0 amide bonds. The van der Waals surface area contributed by atoms with Gasteiger partial charge in [0.05, 0.1) is 13.2 Å². The standard InChI is InChI=1S/C14H28N2O2S/c1-4-15-12-5-6-14(17-8-9-18-14)11-13(12)19-10-7-16(2)3/h12-13,15H,4-11H2,1-3H3. The molecule has 2 rings (SSSR count). The Morgan fingerprint density at radius 2 is 2.05 bits per heavy atom. The van der Waals surface area contributed by atoms with Crippen molar-refractivity contribution < 1.29 is 9.47 Å². The monoisotopic (exact) mass is 288 g/mol. The molecule has 1 aliphatic heterocycles. The number of rotatable bonds is 6. The van der Waals surface area contributed by atoms with Crippen molar-refractivity contribution in [1.29, 1.82) is 0 Å². The summed E-state index contributed by atoms with van der Waals surface area (Å²) in [5, 5.41) is 4.24. The topological polar surface area (TPSA) is 33.7 Å². The summed E-state index contributed by atoms with van der Waals surface area (Å²) in [6.07, 6.45) is 3.23. The summed E-state index contributed by atoms with van der Waals surface area (Å²) in [7, 11) is 4.27. The molecule has 2 aliphatic rings. The van der Waals surface area contributed by atoms with E-state index in [0.717, 1.165) is 45.6 Å². The summed E-state index contributed by atoms with van der Waals surface area (Å²) in [6, 6.07) is 0.607. The van der Waals surface area contributed by atoms with Crippen molar-refractivity contribution in [2.24, 2.45) is 0 Å². The van der Waals surface area contributed by atoms with Gasteiger partial charge >= 0.3 is 0 Å². The van der Waals surface area contributed by atoms with Crippen molar-refractivity contribution in [1.82, 2.24) is 10.2 Å². The van der Waals surface area contributed by atoms with E-state index in [0.29, 0.717) is 11.3 Å². The van der Waals surface area contributed by atoms with Crippen molar-refractivity contribution in [3.8, 4) is 0 Å². The summed E-state index contributed by atoms with van der Waals surface area (Å²) < 4.78 is 11.8. The van der Waals surface area contributed by atoms with Crippen LogP contribution in [0.3, 0.4) is 0 Å². The predicted molar refractivity (Wildman–Crippen MR) is 80.8 cm³/mol. The van der Waals surface area contributed by atoms with E-state index in [9.17, 15) is 0 Å². The summed E-state index contributed by atoms with van der Waals surface area (Å²) in [6.45, 7) is 5.90. The number of nitrogens with one attached hydrogen (secondary N) is 1. The number of ether oxygens (including phenoxy) is 2. The van der Waals surface area contributed by atoms with Crippen LogP contribution in [0.1, 0.15) is 26.2 Å². The highest BCUT2D eigenvalue weighted by atomic mass is 32.2. The lowest BCUT2D eigenvalue weighted by atomic mass is 9.89. The van der Waals surface area contributed by atoms with Gasteiger partial charge in [0.15, 0.2) is 5.79 Å². The van der Waals surface area contributed by atoms with Crippen LogP contribution >= 0.6 is 11.8 Å². The van der Waals surface area contributed by atoms with Gasteiger partial charge < -0.3 is 19.7 Å². The molecule has 5 heteroatoms. The third-order valence-corrected chi connectivity index (χ3v) is 5.29. The molecule has 1 N–H and O–H groups in total. The first kappa shape index (κ1) is 15.6. The summed E-state index contributed by atoms with van der Waals surface area (Å²) in [5.41, 5.74) is 0. The molecule has 4 nitrogen and oxygen atoms in total. The van der Waals surface area contributed by atoms with E-state index in [1.807, 2.05) is 0 Å². The molecule has 0 aromatic carbocycles. The highest BCUT2D eigenvalue weighted by Gasteiger charge is 2.44. The lowest BCUT2D eigenvalue weighted by Gasteiger charge is -2.41. The Morgan fingerprint density at radius 1 is 1.32 bits per heavy atom. The van der Waals surface area contributed by atoms with Crippen LogP contribution in [0.2, 0.25) is 0 Å². The molecule has 0 aromatic rings. The first-order valence-electron chi connectivity index (χ1n) is 7.43. The molecule has 1 saturated heterocycles. The fourth-order valence-electron chi connectivity index (χ4n) is 2.93. The van der Waals surface area contributed by atoms with Gasteiger partial charge in [-0.15, -0.1) is 0 Å². The van der Waals surface area contributed by atoms with Gasteiger partial charge in [-0.1, -0.05) is 6.92 Å². The molecular weight excluding hydrogens is 260 g/mol. The van der Waals surface area contributed by atoms with Crippen LogP contribution in [0.15, 0.2) is 0 Å². The summed E-state index contributed by atoms with van der Waals surface area (Å²) in [5.74, 6) is 0.914. The van der Waals surface area contributed by atoms with Gasteiger partial charge in [-0.3, -0.25) is 0 Å². The zero-order chi connectivity index (χ0) is 13.7. The minimum Gasteiger partial charge on any atom is -0.347 e. The Labute approximate surface area is 121 Å². The fourth-order valence-corrected chi connectivity index (χ4v) is 4.54. The molecule has 112 valence electrons. The lowest BCUT2D eigenvalue weighted by Crippen LogP contribution is -2.50. The van der Waals surface area contributed by atoms with E-state index in [-0.39, 0.29) is 5.79 Å². The Bertz CT molecular complexity index is 270. The Hall–Kier alpha value is 0.190. The first-order valence-corrected chi connectivity index (χ1v) is 8.48. The smallest absolute Gasteiger partial charge is 0.169 e. The molecule has 2 atom stereocenters. The van der Waals surface area contributed by atoms with Crippen LogP contribution in [-0.4, -0.2) is 68.1 Å². The molecule has 1 heterocycles. The maximum absolute atomic E-state index is 5.89. The highest BCUT2D eigenvalue weighted by Crippen LogP contribution is 2.40. The van der Waals surface area contributed by atoms with Crippen LogP contribution < -0.4 is 5.32 Å². The van der Waals surface area contributed by atoms with Crippen LogP contribution in [0.4, 0.5) is 0 Å². The first-order chi connectivity index (χ1) is 9.15. The molecule has 1 spiro atoms. The second-order valence-corrected chi connectivity index (χ2v) is 7.07. The number of nitrogens with zero attached hydrogens (tertiary/aromatic N) is 1. The van der Waals surface area contributed by atoms with Crippen LogP contribution in [0.5, 0.6) is 0 Å². The van der Waals surface area contributed by atoms with Crippen molar-refractivity contribution in [2.45, 2.75) is 43.3 Å². The summed E-state index contributed by atoms with van der Waals surface area (Å²) >= 11 is 2.07. The third-order valence-electron chi connectivity index (χ3n) is 3.95. The quantitative estimate of drug-likeness (QED) is 0.802. The van der Waals surface area contributed by atoms with E-state index in [4.69, 9.17) is 9.47 Å². The largest absolute Gasteiger partial charge is 0.347 e. The van der Waals surface area contributed by atoms with E-state index in [1.165, 1.54) is 5.75 Å². The lowest BCUT2D eigenvalue weighted by molar-refractivity contribution is -0.178. The van der Waals surface area contributed by atoms with E-state index >= 15 is 0 Å². The number of hydrogen-bond donors (Lipinski definition) is 1. The zero-order valence-electron chi connectivity index (χ0n) is 12.5. The van der Waals surface area contributed by atoms with Crippen molar-refractivity contribution >= 4 is 11.8 Å². The maximum atomic E-state index is 5.89. The van der Waals surface area contributed by atoms with E-state index < -0.39 is 0 Å². The Kier molecular flexibility index (Phi) is 5.96. The van der Waals surface area contributed by atoms with Gasteiger partial charge in [0.1, 0.15) is 0 Å². The molecule has 19 heavy (non-hydrogen) atoms. The van der Waals surface area contributed by atoms with Crippen LogP contribution in [0, 0.1) is 0 Å². The minimum atomic E-state index is -0.262. The third kappa shape index (κ3) is 4.33. The van der Waals surface area contributed by atoms with Gasteiger partial charge in [-0.05, 0) is 27.1 Å². The van der Waals surface area contributed by atoms with Gasteiger partial charge in [0.2, 0.25) is 0 Å². The molecule has 2 fully saturated rings.